The highest BCUT2D eigenvalue weighted by Gasteiger charge is 2.15. The molecule has 0 saturated heterocycles. The molecule has 0 radical (unpaired) electrons. The van der Waals surface area contributed by atoms with Crippen LogP contribution in [0.1, 0.15) is 21.6 Å². The topological polar surface area (TPSA) is 85.6 Å². The van der Waals surface area contributed by atoms with Crippen molar-refractivity contribution in [3.8, 4) is 22.8 Å². The molecule has 1 aliphatic rings. The maximum absolute atomic E-state index is 11.4. The van der Waals surface area contributed by atoms with Crippen LogP contribution in [0.5, 0.6) is 11.5 Å². The lowest BCUT2D eigenvalue weighted by atomic mass is 10.1. The highest BCUT2D eigenvalue weighted by atomic mass is 16.7. The molecule has 1 amide bonds. The largest absolute Gasteiger partial charge is 0.454 e. The third-order valence-electron chi connectivity index (χ3n) is 4.30. The van der Waals surface area contributed by atoms with Crippen LogP contribution in [0.25, 0.3) is 11.3 Å². The number of benzene rings is 2. The van der Waals surface area contributed by atoms with Crippen LogP contribution in [0, 0.1) is 6.92 Å². The number of nitrogens with zero attached hydrogens (tertiary/aromatic N) is 2. The molecule has 0 fully saturated rings. The standard InChI is InChI=1S/C19H17N3O4/c1-12-8-16(15-6-7-17-18(9-15)26-11-25-17)20-22(12)10-13-2-4-14(5-3-13)19(23)21-24/h2-9,24H,10-11H2,1H3,(H,21,23). The summed E-state index contributed by atoms with van der Waals surface area (Å²) < 4.78 is 12.7. The van der Waals surface area contributed by atoms with E-state index in [1.165, 1.54) is 0 Å². The van der Waals surface area contributed by atoms with Crippen molar-refractivity contribution in [3.63, 3.8) is 0 Å². The maximum Gasteiger partial charge on any atom is 0.274 e. The van der Waals surface area contributed by atoms with E-state index in [4.69, 9.17) is 14.7 Å². The minimum absolute atomic E-state index is 0.247. The highest BCUT2D eigenvalue weighted by Crippen LogP contribution is 2.35. The number of fused-ring (bicyclic) bond motifs is 1. The van der Waals surface area contributed by atoms with Gasteiger partial charge in [0.1, 0.15) is 0 Å². The van der Waals surface area contributed by atoms with Crippen molar-refractivity contribution in [2.75, 3.05) is 6.79 Å². The number of hydroxylamine groups is 1. The molecule has 0 saturated carbocycles. The summed E-state index contributed by atoms with van der Waals surface area (Å²) >= 11 is 0. The second kappa shape index (κ2) is 6.53. The number of hydrogen-bond acceptors (Lipinski definition) is 5. The monoisotopic (exact) mass is 351 g/mol. The minimum Gasteiger partial charge on any atom is -0.454 e. The maximum atomic E-state index is 11.4. The lowest BCUT2D eigenvalue weighted by Crippen LogP contribution is -2.18. The van der Waals surface area contributed by atoms with Crippen molar-refractivity contribution in [2.24, 2.45) is 0 Å². The summed E-state index contributed by atoms with van der Waals surface area (Å²) in [6.45, 7) is 2.82. The lowest BCUT2D eigenvalue weighted by Gasteiger charge is -2.06. The van der Waals surface area contributed by atoms with Crippen LogP contribution in [-0.2, 0) is 6.54 Å². The Balaban J connectivity index is 1.56. The average molecular weight is 351 g/mol. The van der Waals surface area contributed by atoms with E-state index >= 15 is 0 Å². The Kier molecular flexibility index (Phi) is 4.06. The molecular weight excluding hydrogens is 334 g/mol. The van der Waals surface area contributed by atoms with Crippen LogP contribution in [0.2, 0.25) is 0 Å². The predicted molar refractivity (Wildman–Crippen MR) is 93.3 cm³/mol. The van der Waals surface area contributed by atoms with E-state index in [0.717, 1.165) is 34.0 Å². The van der Waals surface area contributed by atoms with E-state index in [0.29, 0.717) is 12.1 Å². The molecule has 7 heteroatoms. The van der Waals surface area contributed by atoms with E-state index in [1.807, 2.05) is 48.0 Å². The van der Waals surface area contributed by atoms with Gasteiger partial charge < -0.3 is 9.47 Å². The number of aromatic nitrogens is 2. The number of hydrogen-bond donors (Lipinski definition) is 2. The SMILES string of the molecule is Cc1cc(-c2ccc3c(c2)OCO3)nn1Cc1ccc(C(=O)NO)cc1. The van der Waals surface area contributed by atoms with Gasteiger partial charge in [0.05, 0.1) is 12.2 Å². The molecule has 132 valence electrons. The van der Waals surface area contributed by atoms with Crippen LogP contribution in [0.4, 0.5) is 0 Å². The van der Waals surface area contributed by atoms with Gasteiger partial charge in [-0.1, -0.05) is 12.1 Å². The second-order valence-electron chi connectivity index (χ2n) is 6.03. The third-order valence-corrected chi connectivity index (χ3v) is 4.30. The second-order valence-corrected chi connectivity index (χ2v) is 6.03. The number of carbonyl (C=O) groups is 1. The molecule has 0 unspecified atom stereocenters. The fourth-order valence-corrected chi connectivity index (χ4v) is 2.87. The first-order valence-electron chi connectivity index (χ1n) is 8.12. The molecule has 26 heavy (non-hydrogen) atoms. The van der Waals surface area contributed by atoms with Gasteiger partial charge in [0.15, 0.2) is 11.5 Å². The molecule has 3 aromatic rings. The van der Waals surface area contributed by atoms with Gasteiger partial charge in [0.25, 0.3) is 5.91 Å². The number of rotatable bonds is 4. The van der Waals surface area contributed by atoms with E-state index in [-0.39, 0.29) is 6.79 Å². The van der Waals surface area contributed by atoms with Crippen molar-refractivity contribution >= 4 is 5.91 Å². The third kappa shape index (κ3) is 3.00. The summed E-state index contributed by atoms with van der Waals surface area (Å²) in [7, 11) is 0. The Hall–Kier alpha value is -3.32. The molecule has 0 bridgehead atoms. The van der Waals surface area contributed by atoms with Crippen molar-refractivity contribution < 1.29 is 19.5 Å². The predicted octanol–water partition coefficient (Wildman–Crippen LogP) is 2.75. The minimum atomic E-state index is -0.531. The number of aryl methyl sites for hydroxylation is 1. The highest BCUT2D eigenvalue weighted by molar-refractivity contribution is 5.93. The zero-order valence-corrected chi connectivity index (χ0v) is 14.1. The molecule has 7 nitrogen and oxygen atoms in total. The van der Waals surface area contributed by atoms with Gasteiger partial charge in [-0.25, -0.2) is 5.48 Å². The van der Waals surface area contributed by atoms with Gasteiger partial charge >= 0.3 is 0 Å². The summed E-state index contributed by atoms with van der Waals surface area (Å²) in [5.41, 5.74) is 5.87. The van der Waals surface area contributed by atoms with Gasteiger partial charge in [0.2, 0.25) is 6.79 Å². The van der Waals surface area contributed by atoms with E-state index in [1.54, 1.807) is 17.6 Å². The van der Waals surface area contributed by atoms with Crippen molar-refractivity contribution in [3.05, 3.63) is 65.4 Å². The smallest absolute Gasteiger partial charge is 0.274 e. The molecule has 1 aromatic heterocycles. The molecule has 2 heterocycles. The Bertz CT molecular complexity index is 963. The number of ether oxygens (including phenoxy) is 2. The fourth-order valence-electron chi connectivity index (χ4n) is 2.87. The first-order chi connectivity index (χ1) is 12.6. The first kappa shape index (κ1) is 16.2. The van der Waals surface area contributed by atoms with Gasteiger partial charge in [0, 0.05) is 16.8 Å². The van der Waals surface area contributed by atoms with Crippen LogP contribution >= 0.6 is 0 Å². The fraction of sp³-hybridized carbons (Fsp3) is 0.158. The number of carbonyl (C=O) groups excluding carboxylic acids is 1. The van der Waals surface area contributed by atoms with E-state index < -0.39 is 5.91 Å². The molecule has 0 aliphatic carbocycles. The Morgan fingerprint density at radius 3 is 2.69 bits per heavy atom. The van der Waals surface area contributed by atoms with E-state index in [2.05, 4.69) is 5.10 Å². The number of nitrogens with one attached hydrogen (secondary N) is 1. The molecule has 0 spiro atoms. The van der Waals surface area contributed by atoms with Crippen LogP contribution in [-0.4, -0.2) is 27.7 Å². The van der Waals surface area contributed by atoms with E-state index in [9.17, 15) is 4.79 Å². The van der Waals surface area contributed by atoms with Gasteiger partial charge in [-0.15, -0.1) is 0 Å². The van der Waals surface area contributed by atoms with Crippen LogP contribution < -0.4 is 15.0 Å². The molecule has 0 atom stereocenters. The summed E-state index contributed by atoms with van der Waals surface area (Å²) in [6.07, 6.45) is 0. The Morgan fingerprint density at radius 2 is 1.92 bits per heavy atom. The van der Waals surface area contributed by atoms with Crippen molar-refractivity contribution in [2.45, 2.75) is 13.5 Å². The lowest BCUT2D eigenvalue weighted by molar-refractivity contribution is 0.0706. The van der Waals surface area contributed by atoms with Crippen molar-refractivity contribution in [1.82, 2.24) is 15.3 Å². The average Bonchev–Trinajstić information content (AvgIpc) is 3.28. The Labute approximate surface area is 149 Å². The van der Waals surface area contributed by atoms with Crippen molar-refractivity contribution in [1.29, 1.82) is 0 Å². The molecule has 2 N–H and O–H groups in total. The molecule has 4 rings (SSSR count). The van der Waals surface area contributed by atoms with Gasteiger partial charge in [-0.2, -0.15) is 5.10 Å². The summed E-state index contributed by atoms with van der Waals surface area (Å²) in [4.78, 5) is 11.4. The summed E-state index contributed by atoms with van der Waals surface area (Å²) in [6, 6.07) is 14.8. The zero-order valence-electron chi connectivity index (χ0n) is 14.1. The van der Waals surface area contributed by atoms with Gasteiger partial charge in [-0.05, 0) is 48.9 Å². The summed E-state index contributed by atoms with van der Waals surface area (Å²) in [5, 5.41) is 13.3. The molecular formula is C19H17N3O4. The Morgan fingerprint density at radius 1 is 1.15 bits per heavy atom. The van der Waals surface area contributed by atoms with Gasteiger partial charge in [-0.3, -0.25) is 14.7 Å². The number of amides is 1. The molecule has 1 aliphatic heterocycles. The van der Waals surface area contributed by atoms with Crippen LogP contribution in [0.15, 0.2) is 48.5 Å². The first-order valence-corrected chi connectivity index (χ1v) is 8.12. The van der Waals surface area contributed by atoms with Crippen LogP contribution in [0.3, 0.4) is 0 Å². The normalized spacial score (nSPS) is 12.2. The molecule has 2 aromatic carbocycles. The quantitative estimate of drug-likeness (QED) is 0.558. The zero-order chi connectivity index (χ0) is 18.1. The summed E-state index contributed by atoms with van der Waals surface area (Å²) in [5.74, 6) is 0.946.